The van der Waals surface area contributed by atoms with Gasteiger partial charge in [0.25, 0.3) is 0 Å². The summed E-state index contributed by atoms with van der Waals surface area (Å²) in [5, 5.41) is 0. The van der Waals surface area contributed by atoms with E-state index in [1.54, 1.807) is 7.11 Å². The normalized spacial score (nSPS) is 33.5. The van der Waals surface area contributed by atoms with Gasteiger partial charge in [-0.3, -0.25) is 0 Å². The van der Waals surface area contributed by atoms with Crippen LogP contribution in [-0.4, -0.2) is 16.7 Å². The van der Waals surface area contributed by atoms with Crippen molar-refractivity contribution >= 4 is 0 Å². The summed E-state index contributed by atoms with van der Waals surface area (Å²) in [5.41, 5.74) is 0. The van der Waals surface area contributed by atoms with Crippen LogP contribution in [0.3, 0.4) is 0 Å². The number of rotatable bonds is 3. The first-order chi connectivity index (χ1) is 7.35. The number of hydrogen-bond donors (Lipinski definition) is 0. The van der Waals surface area contributed by atoms with Crippen LogP contribution in [0.4, 0.5) is 0 Å². The largest absolute Gasteiger partial charge is 0.480 e. The van der Waals surface area contributed by atoms with Crippen LogP contribution in [0.2, 0.25) is 0 Å². The summed E-state index contributed by atoms with van der Waals surface area (Å²) < 4.78 is 7.27. The van der Waals surface area contributed by atoms with Crippen molar-refractivity contribution in [1.29, 1.82) is 0 Å². The molecule has 1 heterocycles. The van der Waals surface area contributed by atoms with Crippen LogP contribution in [0.1, 0.15) is 25.7 Å². The lowest BCUT2D eigenvalue weighted by Crippen LogP contribution is -2.16. The third kappa shape index (κ3) is 1.64. The quantitative estimate of drug-likeness (QED) is 0.759. The van der Waals surface area contributed by atoms with Crippen molar-refractivity contribution in [2.45, 2.75) is 32.2 Å². The van der Waals surface area contributed by atoms with Crippen molar-refractivity contribution < 1.29 is 4.74 Å². The SMILES string of the molecule is COc1cn(CC2CC3CCC2C3)cn1. The molecular weight excluding hydrogens is 188 g/mol. The molecule has 0 saturated heterocycles. The van der Waals surface area contributed by atoms with E-state index in [-0.39, 0.29) is 0 Å². The van der Waals surface area contributed by atoms with Gasteiger partial charge in [0.1, 0.15) is 0 Å². The molecule has 15 heavy (non-hydrogen) atoms. The topological polar surface area (TPSA) is 27.1 Å². The van der Waals surface area contributed by atoms with Crippen LogP contribution in [0.25, 0.3) is 0 Å². The smallest absolute Gasteiger partial charge is 0.231 e. The van der Waals surface area contributed by atoms with Gasteiger partial charge in [-0.25, -0.2) is 4.98 Å². The van der Waals surface area contributed by atoms with E-state index in [9.17, 15) is 0 Å². The molecule has 3 rings (SSSR count). The van der Waals surface area contributed by atoms with E-state index in [1.807, 2.05) is 12.5 Å². The molecule has 0 aliphatic heterocycles. The molecule has 3 nitrogen and oxygen atoms in total. The maximum absolute atomic E-state index is 5.09. The van der Waals surface area contributed by atoms with E-state index in [0.717, 1.165) is 30.2 Å². The van der Waals surface area contributed by atoms with Gasteiger partial charge in [-0.05, 0) is 37.0 Å². The second-order valence-corrected chi connectivity index (χ2v) is 5.05. The minimum atomic E-state index is 0.734. The molecule has 2 saturated carbocycles. The summed E-state index contributed by atoms with van der Waals surface area (Å²) in [6.45, 7) is 1.14. The Morgan fingerprint density at radius 1 is 1.47 bits per heavy atom. The van der Waals surface area contributed by atoms with Crippen molar-refractivity contribution in [3.8, 4) is 5.88 Å². The molecule has 1 aromatic rings. The van der Waals surface area contributed by atoms with Crippen LogP contribution < -0.4 is 4.74 Å². The zero-order chi connectivity index (χ0) is 10.3. The Balaban J connectivity index is 1.65. The van der Waals surface area contributed by atoms with Crippen LogP contribution >= 0.6 is 0 Å². The highest BCUT2D eigenvalue weighted by molar-refractivity contribution is 5.03. The van der Waals surface area contributed by atoms with E-state index in [2.05, 4.69) is 9.55 Å². The number of ether oxygens (including phenoxy) is 1. The molecular formula is C12H18N2O. The van der Waals surface area contributed by atoms with Crippen molar-refractivity contribution in [3.63, 3.8) is 0 Å². The highest BCUT2D eigenvalue weighted by atomic mass is 16.5. The molecule has 3 heteroatoms. The maximum atomic E-state index is 5.09. The summed E-state index contributed by atoms with van der Waals surface area (Å²) in [4.78, 5) is 4.18. The molecule has 1 aromatic heterocycles. The second kappa shape index (κ2) is 3.54. The van der Waals surface area contributed by atoms with E-state index in [0.29, 0.717) is 0 Å². The first-order valence-corrected chi connectivity index (χ1v) is 5.91. The van der Waals surface area contributed by atoms with Crippen LogP contribution in [0, 0.1) is 17.8 Å². The Bertz CT molecular complexity index is 347. The van der Waals surface area contributed by atoms with Gasteiger partial charge in [0.2, 0.25) is 5.88 Å². The average molecular weight is 206 g/mol. The fourth-order valence-corrected chi connectivity index (χ4v) is 3.42. The third-order valence-electron chi connectivity index (χ3n) is 4.15. The molecule has 3 unspecified atom stereocenters. The number of methoxy groups -OCH3 is 1. The molecule has 3 atom stereocenters. The highest BCUT2D eigenvalue weighted by Gasteiger charge is 2.39. The predicted octanol–water partition coefficient (Wildman–Crippen LogP) is 2.33. The molecule has 0 N–H and O–H groups in total. The van der Waals surface area contributed by atoms with Gasteiger partial charge in [-0.2, -0.15) is 0 Å². The molecule has 0 aromatic carbocycles. The molecule has 0 radical (unpaired) electrons. The Morgan fingerprint density at radius 3 is 3.00 bits per heavy atom. The molecule has 2 fully saturated rings. The van der Waals surface area contributed by atoms with E-state index >= 15 is 0 Å². The summed E-state index contributed by atoms with van der Waals surface area (Å²) >= 11 is 0. The van der Waals surface area contributed by atoms with Crippen LogP contribution in [-0.2, 0) is 6.54 Å². The first kappa shape index (κ1) is 9.25. The lowest BCUT2D eigenvalue weighted by atomic mass is 9.89. The lowest BCUT2D eigenvalue weighted by Gasteiger charge is -2.21. The zero-order valence-corrected chi connectivity index (χ0v) is 9.22. The second-order valence-electron chi connectivity index (χ2n) is 5.05. The van der Waals surface area contributed by atoms with Crippen LogP contribution in [0.5, 0.6) is 5.88 Å². The van der Waals surface area contributed by atoms with Gasteiger partial charge in [0.05, 0.1) is 19.6 Å². The number of fused-ring (bicyclic) bond motifs is 2. The van der Waals surface area contributed by atoms with E-state index in [4.69, 9.17) is 4.74 Å². The molecule has 2 bridgehead atoms. The Morgan fingerprint density at radius 2 is 2.40 bits per heavy atom. The van der Waals surface area contributed by atoms with Crippen molar-refractivity contribution in [2.75, 3.05) is 7.11 Å². The van der Waals surface area contributed by atoms with Gasteiger partial charge >= 0.3 is 0 Å². The molecule has 2 aliphatic carbocycles. The lowest BCUT2D eigenvalue weighted by molar-refractivity contribution is 0.295. The summed E-state index contributed by atoms with van der Waals surface area (Å²) in [6, 6.07) is 0. The molecule has 0 spiro atoms. The van der Waals surface area contributed by atoms with Crippen molar-refractivity contribution in [1.82, 2.24) is 9.55 Å². The Kier molecular flexibility index (Phi) is 2.19. The number of imidazole rings is 1. The predicted molar refractivity (Wildman–Crippen MR) is 57.7 cm³/mol. The summed E-state index contributed by atoms with van der Waals surface area (Å²) in [5.74, 6) is 3.65. The molecule has 2 aliphatic rings. The number of nitrogens with zero attached hydrogens (tertiary/aromatic N) is 2. The van der Waals surface area contributed by atoms with Crippen molar-refractivity contribution in [3.05, 3.63) is 12.5 Å². The van der Waals surface area contributed by atoms with Gasteiger partial charge in [0, 0.05) is 6.54 Å². The average Bonchev–Trinajstić information content (AvgIpc) is 2.92. The monoisotopic (exact) mass is 206 g/mol. The Labute approximate surface area is 90.5 Å². The number of hydrogen-bond acceptors (Lipinski definition) is 2. The van der Waals surface area contributed by atoms with Gasteiger partial charge < -0.3 is 9.30 Å². The van der Waals surface area contributed by atoms with Crippen LogP contribution in [0.15, 0.2) is 12.5 Å². The van der Waals surface area contributed by atoms with E-state index < -0.39 is 0 Å². The highest BCUT2D eigenvalue weighted by Crippen LogP contribution is 2.48. The maximum Gasteiger partial charge on any atom is 0.231 e. The van der Waals surface area contributed by atoms with Gasteiger partial charge in [0.15, 0.2) is 0 Å². The molecule has 82 valence electrons. The number of aromatic nitrogens is 2. The Hall–Kier alpha value is -0.990. The third-order valence-corrected chi connectivity index (χ3v) is 4.15. The van der Waals surface area contributed by atoms with Crippen molar-refractivity contribution in [2.24, 2.45) is 17.8 Å². The fourth-order valence-electron chi connectivity index (χ4n) is 3.42. The minimum Gasteiger partial charge on any atom is -0.480 e. The fraction of sp³-hybridized carbons (Fsp3) is 0.750. The minimum absolute atomic E-state index is 0.734. The zero-order valence-electron chi connectivity index (χ0n) is 9.22. The standard InChI is InChI=1S/C12H18N2O/c1-15-12-7-14(8-13-12)6-11-5-9-2-3-10(11)4-9/h7-11H,2-6H2,1H3. The van der Waals surface area contributed by atoms with Gasteiger partial charge in [-0.1, -0.05) is 6.42 Å². The van der Waals surface area contributed by atoms with Gasteiger partial charge in [-0.15, -0.1) is 0 Å². The molecule has 0 amide bonds. The first-order valence-electron chi connectivity index (χ1n) is 5.91. The summed E-state index contributed by atoms with van der Waals surface area (Å²) in [7, 11) is 1.67. The summed E-state index contributed by atoms with van der Waals surface area (Å²) in [6.07, 6.45) is 9.76. The van der Waals surface area contributed by atoms with E-state index in [1.165, 1.54) is 25.7 Å².